The van der Waals surface area contributed by atoms with Crippen LogP contribution in [0.4, 0.5) is 0 Å². The van der Waals surface area contributed by atoms with Crippen molar-refractivity contribution in [2.45, 2.75) is 38.1 Å². The first-order chi connectivity index (χ1) is 17.5. The lowest BCUT2D eigenvalue weighted by Crippen LogP contribution is -2.27. The molecule has 6 nitrogen and oxygen atoms in total. The molecular weight excluding hydrogens is 452 g/mol. The summed E-state index contributed by atoms with van der Waals surface area (Å²) in [5, 5.41) is 10.6. The number of hydrogen-bond donors (Lipinski definition) is 2. The van der Waals surface area contributed by atoms with Crippen LogP contribution in [-0.2, 0) is 13.0 Å². The van der Waals surface area contributed by atoms with E-state index in [-0.39, 0.29) is 17.4 Å². The number of carbonyl (C=O) groups is 2. The third-order valence-corrected chi connectivity index (χ3v) is 7.21. The maximum absolute atomic E-state index is 13.2. The van der Waals surface area contributed by atoms with Crippen molar-refractivity contribution in [3.8, 4) is 5.75 Å². The Bertz CT molecular complexity index is 1420. The molecule has 36 heavy (non-hydrogen) atoms. The minimum Gasteiger partial charge on any atom is -0.497 e. The van der Waals surface area contributed by atoms with Gasteiger partial charge in [-0.25, -0.2) is 4.79 Å². The lowest BCUT2D eigenvalue weighted by Gasteiger charge is -2.22. The first-order valence-corrected chi connectivity index (χ1v) is 12.3. The predicted octanol–water partition coefficient (Wildman–Crippen LogP) is 6.01. The Morgan fingerprint density at radius 2 is 1.78 bits per heavy atom. The van der Waals surface area contributed by atoms with Crippen molar-refractivity contribution in [3.63, 3.8) is 0 Å². The summed E-state index contributed by atoms with van der Waals surface area (Å²) in [5.41, 5.74) is 6.40. The van der Waals surface area contributed by atoms with Gasteiger partial charge in [-0.1, -0.05) is 36.8 Å². The second kappa shape index (κ2) is 9.90. The molecule has 1 aliphatic rings. The van der Waals surface area contributed by atoms with E-state index in [9.17, 15) is 14.7 Å². The molecule has 1 heterocycles. The average molecular weight is 483 g/mol. The zero-order valence-corrected chi connectivity index (χ0v) is 20.6. The highest BCUT2D eigenvalue weighted by atomic mass is 16.5. The second-order valence-electron chi connectivity index (χ2n) is 9.47. The van der Waals surface area contributed by atoms with E-state index in [0.717, 1.165) is 47.8 Å². The molecule has 2 N–H and O–H groups in total. The minimum absolute atomic E-state index is 0.0882. The van der Waals surface area contributed by atoms with Gasteiger partial charge in [-0.15, -0.1) is 0 Å². The number of ether oxygens (including phenoxy) is 1. The number of nitrogens with zero attached hydrogens (tertiary/aromatic N) is 1. The van der Waals surface area contributed by atoms with Crippen molar-refractivity contribution in [2.24, 2.45) is 0 Å². The summed E-state index contributed by atoms with van der Waals surface area (Å²) >= 11 is 0. The van der Waals surface area contributed by atoms with E-state index < -0.39 is 5.97 Å². The number of carboxylic acid groups (broad SMARTS) is 1. The topological polar surface area (TPSA) is 82.6 Å². The first kappa shape index (κ1) is 23.7. The molecule has 3 aromatic carbocycles. The van der Waals surface area contributed by atoms with Crippen LogP contribution in [-0.4, -0.2) is 41.0 Å². The number of aromatic amines is 1. The van der Waals surface area contributed by atoms with Gasteiger partial charge in [0.25, 0.3) is 5.91 Å². The van der Waals surface area contributed by atoms with Crippen molar-refractivity contribution < 1.29 is 19.4 Å². The van der Waals surface area contributed by atoms with Gasteiger partial charge in [0.15, 0.2) is 0 Å². The number of benzene rings is 3. The summed E-state index contributed by atoms with van der Waals surface area (Å²) < 4.78 is 5.22. The molecule has 184 valence electrons. The quantitative estimate of drug-likeness (QED) is 0.330. The predicted molar refractivity (Wildman–Crippen MR) is 140 cm³/mol. The monoisotopic (exact) mass is 482 g/mol. The summed E-state index contributed by atoms with van der Waals surface area (Å²) in [6.07, 6.45) is 4.32. The number of aryl methyl sites for hydroxylation is 1. The summed E-state index contributed by atoms with van der Waals surface area (Å²) in [7, 11) is 3.40. The van der Waals surface area contributed by atoms with Crippen LogP contribution < -0.4 is 4.74 Å². The van der Waals surface area contributed by atoms with E-state index in [4.69, 9.17) is 4.74 Å². The minimum atomic E-state index is -0.957. The van der Waals surface area contributed by atoms with E-state index in [0.29, 0.717) is 17.9 Å². The molecule has 0 bridgehead atoms. The highest BCUT2D eigenvalue weighted by Crippen LogP contribution is 2.41. The van der Waals surface area contributed by atoms with Gasteiger partial charge in [-0.05, 0) is 72.4 Å². The number of nitrogens with one attached hydrogen (secondary N) is 1. The number of H-pyrrole nitrogens is 1. The largest absolute Gasteiger partial charge is 0.497 e. The van der Waals surface area contributed by atoms with Crippen LogP contribution in [0.2, 0.25) is 0 Å². The van der Waals surface area contributed by atoms with Gasteiger partial charge < -0.3 is 19.7 Å². The fraction of sp³-hybridized carbons (Fsp3) is 0.267. The maximum atomic E-state index is 13.2. The van der Waals surface area contributed by atoms with Crippen molar-refractivity contribution >= 4 is 22.8 Å². The van der Waals surface area contributed by atoms with Crippen LogP contribution in [0.1, 0.15) is 68.3 Å². The van der Waals surface area contributed by atoms with Crippen LogP contribution in [0, 0.1) is 0 Å². The van der Waals surface area contributed by atoms with Crippen molar-refractivity contribution in [2.75, 3.05) is 14.2 Å². The number of methoxy groups -OCH3 is 1. The Labute approximate surface area is 210 Å². The van der Waals surface area contributed by atoms with Crippen LogP contribution in [0.3, 0.4) is 0 Å². The number of carbonyl (C=O) groups excluding carboxylic acids is 1. The van der Waals surface area contributed by atoms with Gasteiger partial charge >= 0.3 is 5.97 Å². The molecule has 0 fully saturated rings. The maximum Gasteiger partial charge on any atom is 0.335 e. The van der Waals surface area contributed by atoms with Crippen molar-refractivity contribution in [1.82, 2.24) is 9.88 Å². The Morgan fingerprint density at radius 1 is 1.03 bits per heavy atom. The number of hydrogen-bond acceptors (Lipinski definition) is 3. The number of rotatable bonds is 6. The number of amides is 1. The summed E-state index contributed by atoms with van der Waals surface area (Å²) in [6, 6.07) is 21.0. The molecule has 6 heteroatoms. The Kier molecular flexibility index (Phi) is 6.51. The standard InChI is InChI=1S/C30H30N2O4/c1-32(29(33)20-11-14-22(36-2)15-12-20)18-27-28(25-16-13-21(30(34)35)17-26(25)31-27)24-10-6-4-8-19-7-3-5-9-23(19)24/h3,5,7,9,11-17,24,31H,4,6,8,10,18H2,1-2H3,(H,34,35). The third kappa shape index (κ3) is 4.47. The molecule has 0 aliphatic heterocycles. The molecule has 0 saturated heterocycles. The fourth-order valence-corrected chi connectivity index (χ4v) is 5.41. The number of carboxylic acids is 1. The molecule has 0 radical (unpaired) electrons. The first-order valence-electron chi connectivity index (χ1n) is 12.3. The van der Waals surface area contributed by atoms with E-state index in [2.05, 4.69) is 29.2 Å². The highest BCUT2D eigenvalue weighted by molar-refractivity contribution is 5.96. The van der Waals surface area contributed by atoms with Gasteiger partial charge in [-0.3, -0.25) is 4.79 Å². The van der Waals surface area contributed by atoms with E-state index in [1.165, 1.54) is 11.1 Å². The van der Waals surface area contributed by atoms with E-state index in [1.54, 1.807) is 55.5 Å². The molecule has 1 unspecified atom stereocenters. The Balaban J connectivity index is 1.58. The van der Waals surface area contributed by atoms with Crippen LogP contribution in [0.15, 0.2) is 66.7 Å². The number of fused-ring (bicyclic) bond motifs is 2. The van der Waals surface area contributed by atoms with Crippen LogP contribution >= 0.6 is 0 Å². The zero-order valence-electron chi connectivity index (χ0n) is 20.6. The van der Waals surface area contributed by atoms with Crippen LogP contribution in [0.5, 0.6) is 5.75 Å². The molecule has 1 amide bonds. The second-order valence-corrected chi connectivity index (χ2v) is 9.47. The van der Waals surface area contributed by atoms with Gasteiger partial charge in [0.1, 0.15) is 5.75 Å². The average Bonchev–Trinajstić information content (AvgIpc) is 3.11. The Hall–Kier alpha value is -4.06. The summed E-state index contributed by atoms with van der Waals surface area (Å²) in [6.45, 7) is 0.385. The lowest BCUT2D eigenvalue weighted by molar-refractivity contribution is 0.0696. The molecule has 4 aromatic rings. The molecule has 0 spiro atoms. The highest BCUT2D eigenvalue weighted by Gasteiger charge is 2.27. The third-order valence-electron chi connectivity index (χ3n) is 7.21. The summed E-state index contributed by atoms with van der Waals surface area (Å²) in [5.74, 6) is -0.169. The van der Waals surface area contributed by atoms with Crippen LogP contribution in [0.25, 0.3) is 10.9 Å². The molecule has 0 saturated carbocycles. The normalized spacial score (nSPS) is 15.2. The molecule has 1 aliphatic carbocycles. The van der Waals surface area contributed by atoms with Gasteiger partial charge in [0.05, 0.1) is 19.2 Å². The van der Waals surface area contributed by atoms with E-state index in [1.807, 2.05) is 6.07 Å². The lowest BCUT2D eigenvalue weighted by atomic mass is 9.84. The van der Waals surface area contributed by atoms with E-state index >= 15 is 0 Å². The Morgan fingerprint density at radius 3 is 2.53 bits per heavy atom. The van der Waals surface area contributed by atoms with Crippen molar-refractivity contribution in [1.29, 1.82) is 0 Å². The van der Waals surface area contributed by atoms with Gasteiger partial charge in [0, 0.05) is 35.1 Å². The fourth-order valence-electron chi connectivity index (χ4n) is 5.41. The molecule has 1 aromatic heterocycles. The molecular formula is C30H30N2O4. The smallest absolute Gasteiger partial charge is 0.335 e. The van der Waals surface area contributed by atoms with Gasteiger partial charge in [-0.2, -0.15) is 0 Å². The molecule has 1 atom stereocenters. The van der Waals surface area contributed by atoms with Gasteiger partial charge in [0.2, 0.25) is 0 Å². The molecule has 5 rings (SSSR count). The number of aromatic carboxylic acids is 1. The summed E-state index contributed by atoms with van der Waals surface area (Å²) in [4.78, 5) is 30.1. The van der Waals surface area contributed by atoms with Crippen molar-refractivity contribution in [3.05, 3.63) is 100 Å². The SMILES string of the molecule is COc1ccc(C(=O)N(C)Cc2[nH]c3cc(C(=O)O)ccc3c2C2CCCCc3ccccc32)cc1. The zero-order chi connectivity index (χ0) is 25.2. The number of aromatic nitrogens is 1.